The number of carbonyl (C=O) groups is 1. The predicted octanol–water partition coefficient (Wildman–Crippen LogP) is 1.33. The van der Waals surface area contributed by atoms with Crippen LogP contribution in [0.2, 0.25) is 0 Å². The third-order valence-electron chi connectivity index (χ3n) is 5.20. The summed E-state index contributed by atoms with van der Waals surface area (Å²) in [5.74, 6) is -0.167. The molecule has 0 aliphatic carbocycles. The van der Waals surface area contributed by atoms with Gasteiger partial charge >= 0.3 is 0 Å². The molecule has 25 heavy (non-hydrogen) atoms. The number of hydrogen-bond donors (Lipinski definition) is 1. The molecule has 2 aliphatic rings. The van der Waals surface area contributed by atoms with Gasteiger partial charge in [-0.2, -0.15) is 5.10 Å². The van der Waals surface area contributed by atoms with E-state index >= 15 is 0 Å². The summed E-state index contributed by atoms with van der Waals surface area (Å²) >= 11 is 0. The SMILES string of the molecule is O=C(c1n[nH]c(=O)c2ccccc12)N1CCOC2(CCOCC2)CC1. The van der Waals surface area contributed by atoms with Crippen LogP contribution < -0.4 is 5.56 Å². The number of aromatic amines is 1. The van der Waals surface area contributed by atoms with Crippen molar-refractivity contribution in [2.24, 2.45) is 0 Å². The molecule has 2 aliphatic heterocycles. The van der Waals surface area contributed by atoms with Crippen LogP contribution in [-0.4, -0.2) is 59.5 Å². The van der Waals surface area contributed by atoms with Crippen molar-refractivity contribution in [3.8, 4) is 0 Å². The zero-order chi connectivity index (χ0) is 17.3. The topological polar surface area (TPSA) is 84.5 Å². The molecule has 1 aromatic heterocycles. The van der Waals surface area contributed by atoms with E-state index in [1.165, 1.54) is 0 Å². The van der Waals surface area contributed by atoms with Crippen LogP contribution in [0, 0.1) is 0 Å². The quantitative estimate of drug-likeness (QED) is 0.844. The highest BCUT2D eigenvalue weighted by atomic mass is 16.5. The smallest absolute Gasteiger partial charge is 0.275 e. The van der Waals surface area contributed by atoms with Crippen molar-refractivity contribution in [1.82, 2.24) is 15.1 Å². The van der Waals surface area contributed by atoms with E-state index in [1.807, 2.05) is 6.07 Å². The molecule has 1 aromatic carbocycles. The van der Waals surface area contributed by atoms with E-state index in [4.69, 9.17) is 9.47 Å². The van der Waals surface area contributed by atoms with Crippen molar-refractivity contribution in [3.05, 3.63) is 40.3 Å². The van der Waals surface area contributed by atoms with Crippen molar-refractivity contribution in [2.45, 2.75) is 24.9 Å². The Bertz CT molecular complexity index is 842. The minimum absolute atomic E-state index is 0.167. The van der Waals surface area contributed by atoms with Crippen molar-refractivity contribution in [1.29, 1.82) is 0 Å². The first-order chi connectivity index (χ1) is 12.2. The van der Waals surface area contributed by atoms with E-state index in [-0.39, 0.29) is 22.8 Å². The lowest BCUT2D eigenvalue weighted by molar-refractivity contribution is -0.105. The fraction of sp³-hybridized carbons (Fsp3) is 0.500. The Morgan fingerprint density at radius 1 is 1.08 bits per heavy atom. The molecule has 7 heteroatoms. The highest BCUT2D eigenvalue weighted by Crippen LogP contribution is 2.31. The minimum Gasteiger partial charge on any atom is -0.381 e. The Kier molecular flexibility index (Phi) is 4.27. The van der Waals surface area contributed by atoms with E-state index in [2.05, 4.69) is 10.2 Å². The van der Waals surface area contributed by atoms with Gasteiger partial charge in [-0.3, -0.25) is 9.59 Å². The third kappa shape index (κ3) is 3.05. The molecule has 1 N–H and O–H groups in total. The Morgan fingerprint density at radius 3 is 2.64 bits per heavy atom. The largest absolute Gasteiger partial charge is 0.381 e. The highest BCUT2D eigenvalue weighted by Gasteiger charge is 2.37. The maximum absolute atomic E-state index is 13.0. The molecule has 3 heterocycles. The molecule has 0 saturated carbocycles. The van der Waals surface area contributed by atoms with Crippen molar-refractivity contribution < 1.29 is 14.3 Å². The number of amides is 1. The lowest BCUT2D eigenvalue weighted by atomic mass is 9.90. The second-order valence-electron chi connectivity index (χ2n) is 6.63. The van der Waals surface area contributed by atoms with Gasteiger partial charge in [0.05, 0.1) is 17.6 Å². The molecule has 2 aromatic rings. The van der Waals surface area contributed by atoms with Crippen LogP contribution in [0.15, 0.2) is 29.1 Å². The summed E-state index contributed by atoms with van der Waals surface area (Å²) in [6.07, 6.45) is 2.53. The van der Waals surface area contributed by atoms with E-state index in [0.717, 1.165) is 19.3 Å². The molecule has 0 unspecified atom stereocenters. The third-order valence-corrected chi connectivity index (χ3v) is 5.20. The molecule has 0 bridgehead atoms. The maximum atomic E-state index is 13.0. The van der Waals surface area contributed by atoms with Gasteiger partial charge in [0.15, 0.2) is 5.69 Å². The van der Waals surface area contributed by atoms with Crippen molar-refractivity contribution in [3.63, 3.8) is 0 Å². The fourth-order valence-electron chi connectivity index (χ4n) is 3.66. The Balaban J connectivity index is 1.59. The van der Waals surface area contributed by atoms with Gasteiger partial charge in [-0.25, -0.2) is 5.10 Å². The average molecular weight is 343 g/mol. The summed E-state index contributed by atoms with van der Waals surface area (Å²) in [5.41, 5.74) is -0.168. The molecule has 4 rings (SSSR count). The van der Waals surface area contributed by atoms with E-state index in [1.54, 1.807) is 23.1 Å². The van der Waals surface area contributed by atoms with E-state index in [9.17, 15) is 9.59 Å². The summed E-state index contributed by atoms with van der Waals surface area (Å²) in [6, 6.07) is 7.05. The lowest BCUT2D eigenvalue weighted by Crippen LogP contribution is -2.40. The van der Waals surface area contributed by atoms with Crippen LogP contribution in [-0.2, 0) is 9.47 Å². The van der Waals surface area contributed by atoms with Crippen LogP contribution in [0.4, 0.5) is 0 Å². The maximum Gasteiger partial charge on any atom is 0.275 e. The summed E-state index contributed by atoms with van der Waals surface area (Å²) in [6.45, 7) is 3.07. The van der Waals surface area contributed by atoms with Gasteiger partial charge in [0.2, 0.25) is 0 Å². The average Bonchev–Trinajstić information content (AvgIpc) is 2.85. The van der Waals surface area contributed by atoms with Gasteiger partial charge in [-0.05, 0) is 25.3 Å². The summed E-state index contributed by atoms with van der Waals surface area (Å²) in [5, 5.41) is 7.53. The first-order valence-corrected chi connectivity index (χ1v) is 8.67. The van der Waals surface area contributed by atoms with Crippen LogP contribution in [0.3, 0.4) is 0 Å². The second-order valence-corrected chi connectivity index (χ2v) is 6.63. The molecule has 0 radical (unpaired) electrons. The van der Waals surface area contributed by atoms with Crippen LogP contribution in [0.25, 0.3) is 10.8 Å². The summed E-state index contributed by atoms with van der Waals surface area (Å²) in [4.78, 5) is 26.7. The molecule has 1 amide bonds. The van der Waals surface area contributed by atoms with Crippen LogP contribution >= 0.6 is 0 Å². The van der Waals surface area contributed by atoms with Gasteiger partial charge in [0.25, 0.3) is 11.5 Å². The van der Waals surface area contributed by atoms with Gasteiger partial charge in [0, 0.05) is 31.7 Å². The number of nitrogens with one attached hydrogen (secondary N) is 1. The molecule has 0 atom stereocenters. The number of fused-ring (bicyclic) bond motifs is 1. The van der Waals surface area contributed by atoms with Crippen molar-refractivity contribution >= 4 is 16.7 Å². The van der Waals surface area contributed by atoms with Gasteiger partial charge in [-0.15, -0.1) is 0 Å². The summed E-state index contributed by atoms with van der Waals surface area (Å²) < 4.78 is 11.5. The number of carbonyl (C=O) groups excluding carboxylic acids is 1. The van der Waals surface area contributed by atoms with E-state index < -0.39 is 0 Å². The molecular formula is C18H21N3O4. The normalized spacial score (nSPS) is 20.6. The minimum atomic E-state index is -0.285. The monoisotopic (exact) mass is 343 g/mol. The number of ether oxygens (including phenoxy) is 2. The van der Waals surface area contributed by atoms with Crippen LogP contribution in [0.5, 0.6) is 0 Å². The zero-order valence-corrected chi connectivity index (χ0v) is 14.0. The summed E-state index contributed by atoms with van der Waals surface area (Å²) in [7, 11) is 0. The molecule has 2 fully saturated rings. The first kappa shape index (κ1) is 16.2. The molecule has 2 saturated heterocycles. The standard InChI is InChI=1S/C18H21N3O4/c22-16-14-4-2-1-3-13(14)15(19-20-16)17(23)21-8-5-18(25-12-9-21)6-10-24-11-7-18/h1-4H,5-12H2,(H,20,22). The van der Waals surface area contributed by atoms with Crippen molar-refractivity contribution in [2.75, 3.05) is 32.9 Å². The Morgan fingerprint density at radius 2 is 1.84 bits per heavy atom. The molecule has 7 nitrogen and oxygen atoms in total. The zero-order valence-electron chi connectivity index (χ0n) is 14.0. The number of nitrogens with zero attached hydrogens (tertiary/aromatic N) is 2. The molecule has 132 valence electrons. The highest BCUT2D eigenvalue weighted by molar-refractivity contribution is 6.04. The number of rotatable bonds is 1. The molecular weight excluding hydrogens is 322 g/mol. The van der Waals surface area contributed by atoms with Gasteiger partial charge in [0.1, 0.15) is 0 Å². The number of H-pyrrole nitrogens is 1. The Hall–Kier alpha value is -2.25. The number of aromatic nitrogens is 2. The first-order valence-electron chi connectivity index (χ1n) is 8.67. The Labute approximate surface area is 144 Å². The van der Waals surface area contributed by atoms with E-state index in [0.29, 0.717) is 43.7 Å². The lowest BCUT2D eigenvalue weighted by Gasteiger charge is -2.35. The number of hydrogen-bond acceptors (Lipinski definition) is 5. The second kappa shape index (κ2) is 6.57. The van der Waals surface area contributed by atoms with Crippen LogP contribution in [0.1, 0.15) is 29.8 Å². The number of benzene rings is 1. The van der Waals surface area contributed by atoms with Gasteiger partial charge < -0.3 is 14.4 Å². The predicted molar refractivity (Wildman–Crippen MR) is 91.6 cm³/mol. The molecule has 1 spiro atoms. The van der Waals surface area contributed by atoms with Gasteiger partial charge in [-0.1, -0.05) is 18.2 Å². The fourth-order valence-corrected chi connectivity index (χ4v) is 3.66.